The number of amides is 2. The quantitative estimate of drug-likeness (QED) is 0.270. The number of nitrogens with zero attached hydrogens (tertiary/aromatic N) is 5. The molecule has 1 unspecified atom stereocenters. The summed E-state index contributed by atoms with van der Waals surface area (Å²) in [5.74, 6) is 0.560. The molecule has 0 saturated carbocycles. The van der Waals surface area contributed by atoms with Gasteiger partial charge in [0.15, 0.2) is 0 Å². The first-order chi connectivity index (χ1) is 21.2. The number of rotatable bonds is 7. The van der Waals surface area contributed by atoms with Gasteiger partial charge in [-0.3, -0.25) is 9.88 Å². The predicted molar refractivity (Wildman–Crippen MR) is 158 cm³/mol. The van der Waals surface area contributed by atoms with E-state index in [-0.39, 0.29) is 37.5 Å². The molecule has 44 heavy (non-hydrogen) atoms. The average molecular weight is 610 g/mol. The Morgan fingerprint density at radius 1 is 1.11 bits per heavy atom. The Bertz CT molecular complexity index is 1640. The van der Waals surface area contributed by atoms with Gasteiger partial charge >= 0.3 is 12.2 Å². The van der Waals surface area contributed by atoms with Gasteiger partial charge in [0.05, 0.1) is 29.4 Å². The minimum atomic E-state index is -4.57. The third-order valence-electron chi connectivity index (χ3n) is 8.29. The fraction of sp³-hybridized carbons (Fsp3) is 0.387. The van der Waals surface area contributed by atoms with Gasteiger partial charge in [-0.15, -0.1) is 0 Å². The number of aromatic nitrogens is 3. The number of halogens is 3. The summed E-state index contributed by atoms with van der Waals surface area (Å²) in [5.41, 5.74) is 1.47. The van der Waals surface area contributed by atoms with Crippen molar-refractivity contribution in [3.05, 3.63) is 77.4 Å². The van der Waals surface area contributed by atoms with Gasteiger partial charge in [-0.05, 0) is 48.0 Å². The van der Waals surface area contributed by atoms with Crippen molar-refractivity contribution in [2.45, 2.75) is 32.1 Å². The van der Waals surface area contributed by atoms with Gasteiger partial charge in [-0.1, -0.05) is 13.0 Å². The Kier molecular flexibility index (Phi) is 8.43. The first-order valence-electron chi connectivity index (χ1n) is 14.6. The van der Waals surface area contributed by atoms with Gasteiger partial charge in [0.2, 0.25) is 0 Å². The fourth-order valence-electron chi connectivity index (χ4n) is 5.89. The van der Waals surface area contributed by atoms with Crippen LogP contribution in [0, 0.1) is 0 Å². The Hall–Kier alpha value is -4.20. The van der Waals surface area contributed by atoms with Crippen molar-refractivity contribution in [1.29, 1.82) is 0 Å². The van der Waals surface area contributed by atoms with Crippen LogP contribution in [0.3, 0.4) is 0 Å². The number of pyridine rings is 2. The van der Waals surface area contributed by atoms with Crippen LogP contribution in [-0.2, 0) is 19.3 Å². The number of piperazine rings is 1. The molecule has 13 heteroatoms. The number of carbonyl (C=O) groups excluding carboxylic acids is 1. The number of H-pyrrole nitrogens is 1. The van der Waals surface area contributed by atoms with Crippen LogP contribution in [0.1, 0.15) is 35.2 Å². The summed E-state index contributed by atoms with van der Waals surface area (Å²) < 4.78 is 48.4. The number of hydrogen-bond donors (Lipinski definition) is 3. The second-order valence-electron chi connectivity index (χ2n) is 11.1. The second-order valence-corrected chi connectivity index (χ2v) is 11.1. The van der Waals surface area contributed by atoms with Crippen molar-refractivity contribution < 1.29 is 27.8 Å². The number of benzene rings is 1. The normalized spacial score (nSPS) is 17.9. The van der Waals surface area contributed by atoms with Gasteiger partial charge in [0, 0.05) is 69.8 Å². The minimum Gasteiger partial charge on any atom is -0.455 e. The van der Waals surface area contributed by atoms with E-state index in [1.54, 1.807) is 30.7 Å². The summed E-state index contributed by atoms with van der Waals surface area (Å²) in [6.07, 6.45) is 0.381. The molecule has 0 spiro atoms. The molecule has 3 aromatic heterocycles. The molecule has 0 aliphatic carbocycles. The Labute approximate surface area is 252 Å². The number of alkyl halides is 3. The molecule has 10 nitrogen and oxygen atoms in total. The first kappa shape index (κ1) is 29.9. The Morgan fingerprint density at radius 3 is 2.66 bits per heavy atom. The van der Waals surface area contributed by atoms with Gasteiger partial charge in [0.1, 0.15) is 17.1 Å². The molecule has 4 aromatic rings. The molecule has 2 aliphatic heterocycles. The number of hydrogen-bond acceptors (Lipinski definition) is 7. The van der Waals surface area contributed by atoms with E-state index in [0.717, 1.165) is 31.1 Å². The zero-order valence-corrected chi connectivity index (χ0v) is 24.3. The zero-order chi connectivity index (χ0) is 30.8. The molecule has 0 bridgehead atoms. The van der Waals surface area contributed by atoms with Crippen LogP contribution >= 0.6 is 0 Å². The number of carbonyl (C=O) groups is 1. The second kappa shape index (κ2) is 12.4. The standard InChI is InChI=1S/C31H34F3N7O3/c1-2-39-9-11-40(12-10-39)16-20-3-4-23(14-26(20)31(32,33)34)38-30(43)41-17-21-13-24(15-37-28(21)22(18-41)19-42)44-27-6-8-36-29-25(27)5-7-35-29/h3-8,13-15,22,42H,2,9-12,16-19H2,1H3,(H,35,36)(H,38,43). The van der Waals surface area contributed by atoms with Gasteiger partial charge in [-0.25, -0.2) is 9.78 Å². The van der Waals surface area contributed by atoms with Crippen LogP contribution in [-0.4, -0.2) is 86.7 Å². The molecule has 232 valence electrons. The highest BCUT2D eigenvalue weighted by atomic mass is 19.4. The van der Waals surface area contributed by atoms with E-state index in [1.807, 2.05) is 11.0 Å². The van der Waals surface area contributed by atoms with Crippen molar-refractivity contribution >= 4 is 22.8 Å². The van der Waals surface area contributed by atoms with Gasteiger partial charge in [-0.2, -0.15) is 13.2 Å². The SMILES string of the molecule is CCN1CCN(Cc2ccc(NC(=O)N3Cc4cc(Oc5ccnc6[nH]ccc56)cnc4C(CO)C3)cc2C(F)(F)F)CC1. The van der Waals surface area contributed by atoms with Crippen LogP contribution in [0.2, 0.25) is 0 Å². The summed E-state index contributed by atoms with van der Waals surface area (Å²) in [6.45, 7) is 6.28. The topological polar surface area (TPSA) is 110 Å². The van der Waals surface area contributed by atoms with Gasteiger partial charge in [0.25, 0.3) is 0 Å². The molecule has 1 atom stereocenters. The highest BCUT2D eigenvalue weighted by Gasteiger charge is 2.35. The molecule has 2 aliphatic rings. The largest absolute Gasteiger partial charge is 0.455 e. The molecular weight excluding hydrogens is 575 g/mol. The molecule has 1 fully saturated rings. The molecule has 2 amide bonds. The number of anilines is 1. The van der Waals surface area contributed by atoms with Crippen molar-refractivity contribution in [3.63, 3.8) is 0 Å². The molecular formula is C31H34F3N7O3. The summed E-state index contributed by atoms with van der Waals surface area (Å²) in [7, 11) is 0. The van der Waals surface area contributed by atoms with E-state index in [0.29, 0.717) is 41.5 Å². The van der Waals surface area contributed by atoms with E-state index in [9.17, 15) is 23.1 Å². The lowest BCUT2D eigenvalue weighted by molar-refractivity contribution is -0.138. The summed E-state index contributed by atoms with van der Waals surface area (Å²) in [6, 6.07) is 8.73. The summed E-state index contributed by atoms with van der Waals surface area (Å²) in [4.78, 5) is 30.9. The van der Waals surface area contributed by atoms with E-state index >= 15 is 0 Å². The van der Waals surface area contributed by atoms with E-state index in [4.69, 9.17) is 4.74 Å². The number of ether oxygens (including phenoxy) is 1. The molecule has 1 saturated heterocycles. The molecule has 0 radical (unpaired) electrons. The molecule has 3 N–H and O–H groups in total. The first-order valence-corrected chi connectivity index (χ1v) is 14.6. The van der Waals surface area contributed by atoms with Crippen LogP contribution in [0.25, 0.3) is 11.0 Å². The third kappa shape index (κ3) is 6.35. The lowest BCUT2D eigenvalue weighted by atomic mass is 9.95. The molecule has 1 aromatic carbocycles. The zero-order valence-electron chi connectivity index (χ0n) is 24.3. The lowest BCUT2D eigenvalue weighted by Gasteiger charge is -2.34. The maximum absolute atomic E-state index is 14.1. The lowest BCUT2D eigenvalue weighted by Crippen LogP contribution is -2.45. The number of aliphatic hydroxyl groups excluding tert-OH is 1. The number of aliphatic hydroxyl groups is 1. The summed E-state index contributed by atoms with van der Waals surface area (Å²) >= 11 is 0. The van der Waals surface area contributed by atoms with E-state index < -0.39 is 23.7 Å². The van der Waals surface area contributed by atoms with Crippen molar-refractivity contribution in [2.24, 2.45) is 0 Å². The molecule has 6 rings (SSSR count). The number of aromatic amines is 1. The highest BCUT2D eigenvalue weighted by molar-refractivity contribution is 5.89. The monoisotopic (exact) mass is 609 g/mol. The average Bonchev–Trinajstić information content (AvgIpc) is 3.51. The Morgan fingerprint density at radius 2 is 1.91 bits per heavy atom. The van der Waals surface area contributed by atoms with E-state index in [2.05, 4.69) is 32.1 Å². The smallest absolute Gasteiger partial charge is 0.416 e. The third-order valence-corrected chi connectivity index (χ3v) is 8.29. The fourth-order valence-corrected chi connectivity index (χ4v) is 5.89. The summed E-state index contributed by atoms with van der Waals surface area (Å²) in [5, 5.41) is 13.5. The predicted octanol–water partition coefficient (Wildman–Crippen LogP) is 5.03. The van der Waals surface area contributed by atoms with E-state index in [1.165, 1.54) is 17.0 Å². The van der Waals surface area contributed by atoms with Crippen LogP contribution < -0.4 is 10.1 Å². The minimum absolute atomic E-state index is 0.0524. The van der Waals surface area contributed by atoms with Crippen molar-refractivity contribution in [1.82, 2.24) is 29.7 Å². The Balaban J connectivity index is 1.17. The van der Waals surface area contributed by atoms with Crippen LogP contribution in [0.15, 0.2) is 55.0 Å². The maximum atomic E-state index is 14.1. The van der Waals surface area contributed by atoms with Gasteiger partial charge < -0.3 is 29.9 Å². The van der Waals surface area contributed by atoms with Crippen molar-refractivity contribution in [3.8, 4) is 11.5 Å². The molecule has 5 heterocycles. The van der Waals surface area contributed by atoms with Crippen LogP contribution in [0.4, 0.5) is 23.7 Å². The number of urea groups is 1. The number of fused-ring (bicyclic) bond motifs is 2. The maximum Gasteiger partial charge on any atom is 0.416 e. The highest BCUT2D eigenvalue weighted by Crippen LogP contribution is 2.36. The number of nitrogens with one attached hydrogen (secondary N) is 2. The van der Waals surface area contributed by atoms with Crippen molar-refractivity contribution in [2.75, 3.05) is 51.2 Å². The number of likely N-dealkylation sites (N-methyl/N-ethyl adjacent to an activating group) is 1. The van der Waals surface area contributed by atoms with Crippen LogP contribution in [0.5, 0.6) is 11.5 Å².